The van der Waals surface area contributed by atoms with E-state index in [-0.39, 0.29) is 12.3 Å². The van der Waals surface area contributed by atoms with Gasteiger partial charge in [0.05, 0.1) is 7.11 Å². The molecule has 0 unspecified atom stereocenters. The van der Waals surface area contributed by atoms with Gasteiger partial charge in [-0.3, -0.25) is 9.59 Å². The molecule has 1 aromatic carbocycles. The van der Waals surface area contributed by atoms with Gasteiger partial charge in [0.2, 0.25) is 5.91 Å². The van der Waals surface area contributed by atoms with Crippen molar-refractivity contribution >= 4 is 17.6 Å². The van der Waals surface area contributed by atoms with E-state index in [1.807, 2.05) is 6.07 Å². The molecule has 1 amide bonds. The molecule has 0 atom stereocenters. The summed E-state index contributed by atoms with van der Waals surface area (Å²) >= 11 is 0. The Labute approximate surface area is 119 Å². The molecule has 0 N–H and O–H groups in total. The number of hydrogen-bond donors (Lipinski definition) is 0. The first kappa shape index (κ1) is 14.4. The van der Waals surface area contributed by atoms with Crippen molar-refractivity contribution in [2.45, 2.75) is 13.3 Å². The fourth-order valence-corrected chi connectivity index (χ4v) is 2.35. The maximum Gasteiger partial charge on any atom is 0.315 e. The monoisotopic (exact) mass is 276 g/mol. The lowest BCUT2D eigenvalue weighted by Crippen LogP contribution is -2.49. The van der Waals surface area contributed by atoms with Gasteiger partial charge in [-0.25, -0.2) is 0 Å². The minimum atomic E-state index is -0.476. The van der Waals surface area contributed by atoms with Crippen molar-refractivity contribution in [1.82, 2.24) is 4.90 Å². The molecule has 0 bridgehead atoms. The zero-order valence-electron chi connectivity index (χ0n) is 12.0. The lowest BCUT2D eigenvalue weighted by molar-refractivity contribution is -0.146. The zero-order valence-corrected chi connectivity index (χ0v) is 12.0. The molecule has 1 fully saturated rings. The first-order valence-electron chi connectivity index (χ1n) is 6.76. The van der Waals surface area contributed by atoms with E-state index in [0.29, 0.717) is 13.1 Å². The highest BCUT2D eigenvalue weighted by Gasteiger charge is 2.23. The summed E-state index contributed by atoms with van der Waals surface area (Å²) in [5.41, 5.74) is 2.41. The van der Waals surface area contributed by atoms with Crippen LogP contribution in [0.25, 0.3) is 0 Å². The molecule has 20 heavy (non-hydrogen) atoms. The second-order valence-electron chi connectivity index (χ2n) is 4.96. The smallest absolute Gasteiger partial charge is 0.315 e. The molecular formula is C15H20N2O3. The standard InChI is InChI=1S/C15H20N2O3/c1-12-4-3-5-13(10-12)16-6-8-17(9-7-16)14(18)11-15(19)20-2/h3-5,10H,6-9,11H2,1-2H3. The molecule has 5 heteroatoms. The van der Waals surface area contributed by atoms with E-state index in [4.69, 9.17) is 0 Å². The maximum atomic E-state index is 11.9. The Morgan fingerprint density at radius 1 is 1.20 bits per heavy atom. The third-order valence-corrected chi connectivity index (χ3v) is 3.52. The average molecular weight is 276 g/mol. The SMILES string of the molecule is COC(=O)CC(=O)N1CCN(c2cccc(C)c2)CC1. The first-order chi connectivity index (χ1) is 9.60. The highest BCUT2D eigenvalue weighted by atomic mass is 16.5. The number of piperazine rings is 1. The quantitative estimate of drug-likeness (QED) is 0.615. The first-order valence-corrected chi connectivity index (χ1v) is 6.76. The van der Waals surface area contributed by atoms with Gasteiger partial charge in [-0.1, -0.05) is 12.1 Å². The molecule has 0 saturated carbocycles. The van der Waals surface area contributed by atoms with Gasteiger partial charge in [0, 0.05) is 31.9 Å². The number of benzene rings is 1. The molecule has 0 aromatic heterocycles. The normalized spacial score (nSPS) is 15.1. The van der Waals surface area contributed by atoms with Gasteiger partial charge in [0.25, 0.3) is 0 Å². The number of ether oxygens (including phenoxy) is 1. The Balaban J connectivity index is 1.89. The Morgan fingerprint density at radius 2 is 1.90 bits per heavy atom. The van der Waals surface area contributed by atoms with Crippen molar-refractivity contribution in [2.75, 3.05) is 38.2 Å². The molecule has 5 nitrogen and oxygen atoms in total. The fraction of sp³-hybridized carbons (Fsp3) is 0.467. The van der Waals surface area contributed by atoms with Crippen molar-refractivity contribution in [3.63, 3.8) is 0 Å². The number of aryl methyl sites for hydroxylation is 1. The molecule has 0 aliphatic carbocycles. The van der Waals surface area contributed by atoms with Gasteiger partial charge in [0.15, 0.2) is 0 Å². The molecular weight excluding hydrogens is 256 g/mol. The van der Waals surface area contributed by atoms with Crippen LogP contribution in [0.3, 0.4) is 0 Å². The topological polar surface area (TPSA) is 49.9 Å². The Hall–Kier alpha value is -2.04. The highest BCUT2D eigenvalue weighted by Crippen LogP contribution is 2.18. The molecule has 0 spiro atoms. The van der Waals surface area contributed by atoms with Crippen LogP contribution in [-0.4, -0.2) is 50.1 Å². The van der Waals surface area contributed by atoms with Gasteiger partial charge < -0.3 is 14.5 Å². The summed E-state index contributed by atoms with van der Waals surface area (Å²) in [6, 6.07) is 8.34. The Morgan fingerprint density at radius 3 is 2.50 bits per heavy atom. The van der Waals surface area contributed by atoms with E-state index in [1.165, 1.54) is 18.4 Å². The summed E-state index contributed by atoms with van der Waals surface area (Å²) in [6.07, 6.45) is -0.166. The van der Waals surface area contributed by atoms with Gasteiger partial charge >= 0.3 is 5.97 Å². The van der Waals surface area contributed by atoms with Gasteiger partial charge in [-0.2, -0.15) is 0 Å². The van der Waals surface area contributed by atoms with Gasteiger partial charge in [0.1, 0.15) is 6.42 Å². The number of amides is 1. The fourth-order valence-electron chi connectivity index (χ4n) is 2.35. The van der Waals surface area contributed by atoms with E-state index < -0.39 is 5.97 Å². The maximum absolute atomic E-state index is 11.9. The van der Waals surface area contributed by atoms with Crippen LogP contribution >= 0.6 is 0 Å². The summed E-state index contributed by atoms with van der Waals surface area (Å²) in [4.78, 5) is 27.0. The van der Waals surface area contributed by atoms with Gasteiger partial charge in [-0.15, -0.1) is 0 Å². The summed E-state index contributed by atoms with van der Waals surface area (Å²) in [6.45, 7) is 4.93. The number of nitrogens with zero attached hydrogens (tertiary/aromatic N) is 2. The number of methoxy groups -OCH3 is 1. The minimum absolute atomic E-state index is 0.152. The molecule has 1 aliphatic heterocycles. The van der Waals surface area contributed by atoms with Crippen LogP contribution in [0.5, 0.6) is 0 Å². The lowest BCUT2D eigenvalue weighted by Gasteiger charge is -2.36. The van der Waals surface area contributed by atoms with E-state index in [0.717, 1.165) is 13.1 Å². The van der Waals surface area contributed by atoms with Crippen LogP contribution in [-0.2, 0) is 14.3 Å². The summed E-state index contributed by atoms with van der Waals surface area (Å²) in [5, 5.41) is 0. The van der Waals surface area contributed by atoms with Crippen LogP contribution in [0.4, 0.5) is 5.69 Å². The zero-order chi connectivity index (χ0) is 14.5. The van der Waals surface area contributed by atoms with E-state index in [2.05, 4.69) is 34.8 Å². The second-order valence-corrected chi connectivity index (χ2v) is 4.96. The lowest BCUT2D eigenvalue weighted by atomic mass is 10.2. The minimum Gasteiger partial charge on any atom is -0.469 e. The molecule has 1 aromatic rings. The molecule has 108 valence electrons. The number of carbonyl (C=O) groups is 2. The molecule has 2 rings (SSSR count). The second kappa shape index (κ2) is 6.41. The predicted octanol–water partition coefficient (Wildman–Crippen LogP) is 1.21. The van der Waals surface area contributed by atoms with Crippen molar-refractivity contribution in [1.29, 1.82) is 0 Å². The van der Waals surface area contributed by atoms with Crippen molar-refractivity contribution in [3.05, 3.63) is 29.8 Å². The third kappa shape index (κ3) is 3.50. The van der Waals surface area contributed by atoms with Crippen LogP contribution in [0, 0.1) is 6.92 Å². The molecule has 1 aliphatic rings. The predicted molar refractivity (Wildman–Crippen MR) is 76.6 cm³/mol. The summed E-state index contributed by atoms with van der Waals surface area (Å²) in [7, 11) is 1.30. The van der Waals surface area contributed by atoms with Crippen LogP contribution in [0.15, 0.2) is 24.3 Å². The number of esters is 1. The molecule has 1 saturated heterocycles. The Bertz CT molecular complexity index is 494. The van der Waals surface area contributed by atoms with E-state index >= 15 is 0 Å². The summed E-state index contributed by atoms with van der Waals surface area (Å²) < 4.78 is 4.52. The number of carbonyl (C=O) groups excluding carboxylic acids is 2. The number of anilines is 1. The largest absolute Gasteiger partial charge is 0.469 e. The average Bonchev–Trinajstić information content (AvgIpc) is 2.47. The highest BCUT2D eigenvalue weighted by molar-refractivity contribution is 5.94. The van der Waals surface area contributed by atoms with Gasteiger partial charge in [-0.05, 0) is 24.6 Å². The van der Waals surface area contributed by atoms with E-state index in [1.54, 1.807) is 4.90 Å². The molecule has 0 radical (unpaired) electrons. The van der Waals surface area contributed by atoms with Crippen molar-refractivity contribution in [3.8, 4) is 0 Å². The van der Waals surface area contributed by atoms with Crippen LogP contribution in [0.2, 0.25) is 0 Å². The molecule has 1 heterocycles. The summed E-state index contributed by atoms with van der Waals surface area (Å²) in [5.74, 6) is -0.628. The number of hydrogen-bond acceptors (Lipinski definition) is 4. The van der Waals surface area contributed by atoms with E-state index in [9.17, 15) is 9.59 Å². The van der Waals surface area contributed by atoms with Crippen molar-refractivity contribution < 1.29 is 14.3 Å². The number of rotatable bonds is 3. The third-order valence-electron chi connectivity index (χ3n) is 3.52. The van der Waals surface area contributed by atoms with Crippen LogP contribution in [0.1, 0.15) is 12.0 Å². The van der Waals surface area contributed by atoms with Crippen LogP contribution < -0.4 is 4.90 Å². The Kier molecular flexibility index (Phi) is 4.61. The van der Waals surface area contributed by atoms with Crippen molar-refractivity contribution in [2.24, 2.45) is 0 Å².